The average molecular weight is 141 g/mol. The van der Waals surface area contributed by atoms with Crippen LogP contribution >= 0.6 is 0 Å². The van der Waals surface area contributed by atoms with Gasteiger partial charge in [-0.3, -0.25) is 0 Å². The van der Waals surface area contributed by atoms with Gasteiger partial charge in [0.25, 0.3) is 0 Å². The molecule has 0 spiro atoms. The molecule has 0 amide bonds. The lowest BCUT2D eigenvalue weighted by Crippen LogP contribution is -2.54. The largest absolute Gasteiger partial charge is 0.375 e. The molecule has 10 heavy (non-hydrogen) atoms. The van der Waals surface area contributed by atoms with E-state index in [0.717, 1.165) is 6.61 Å². The number of ether oxygens (including phenoxy) is 1. The molecule has 0 radical (unpaired) electrons. The summed E-state index contributed by atoms with van der Waals surface area (Å²) in [6.45, 7) is 2.15. The summed E-state index contributed by atoms with van der Waals surface area (Å²) in [5.41, 5.74) is 0. The van der Waals surface area contributed by atoms with Crippen molar-refractivity contribution in [3.05, 3.63) is 0 Å². The molecule has 0 aromatic heterocycles. The van der Waals surface area contributed by atoms with Gasteiger partial charge in [0.05, 0.1) is 18.8 Å². The minimum atomic E-state index is 0.556. The third-order valence-electron chi connectivity index (χ3n) is 2.51. The van der Waals surface area contributed by atoms with Crippen LogP contribution < -0.4 is 5.32 Å². The van der Waals surface area contributed by atoms with Crippen LogP contribution in [0.2, 0.25) is 0 Å². The molecule has 2 unspecified atom stereocenters. The lowest BCUT2D eigenvalue weighted by Gasteiger charge is -2.38. The first-order valence-corrected chi connectivity index (χ1v) is 4.32. The fourth-order valence-corrected chi connectivity index (χ4v) is 1.74. The van der Waals surface area contributed by atoms with Gasteiger partial charge in [-0.2, -0.15) is 0 Å². The van der Waals surface area contributed by atoms with Gasteiger partial charge in [-0.25, -0.2) is 0 Å². The van der Waals surface area contributed by atoms with Crippen molar-refractivity contribution in [1.82, 2.24) is 5.32 Å². The van der Waals surface area contributed by atoms with Crippen molar-refractivity contribution in [3.63, 3.8) is 0 Å². The van der Waals surface area contributed by atoms with Gasteiger partial charge >= 0.3 is 0 Å². The highest BCUT2D eigenvalue weighted by Gasteiger charge is 2.31. The molecule has 2 nitrogen and oxygen atoms in total. The van der Waals surface area contributed by atoms with Crippen molar-refractivity contribution in [1.29, 1.82) is 0 Å². The molecule has 0 saturated carbocycles. The Morgan fingerprint density at radius 3 is 3.00 bits per heavy atom. The topological polar surface area (TPSA) is 21.3 Å². The fourth-order valence-electron chi connectivity index (χ4n) is 1.74. The molecule has 2 rings (SSSR count). The van der Waals surface area contributed by atoms with E-state index >= 15 is 0 Å². The molecule has 0 bridgehead atoms. The van der Waals surface area contributed by atoms with E-state index in [1.165, 1.54) is 32.2 Å². The number of hydrogen-bond acceptors (Lipinski definition) is 2. The zero-order chi connectivity index (χ0) is 6.81. The first-order chi connectivity index (χ1) is 4.97. The van der Waals surface area contributed by atoms with Gasteiger partial charge in [0, 0.05) is 0 Å². The summed E-state index contributed by atoms with van der Waals surface area (Å²) in [5.74, 6) is 0. The summed E-state index contributed by atoms with van der Waals surface area (Å²) in [4.78, 5) is 0. The van der Waals surface area contributed by atoms with Crippen LogP contribution in [0.5, 0.6) is 0 Å². The Morgan fingerprint density at radius 2 is 2.20 bits per heavy atom. The normalized spacial score (nSPS) is 40.8. The van der Waals surface area contributed by atoms with E-state index < -0.39 is 0 Å². The maximum atomic E-state index is 5.41. The summed E-state index contributed by atoms with van der Waals surface area (Å²) in [6.07, 6.45) is 5.92. The van der Waals surface area contributed by atoms with Crippen molar-refractivity contribution in [3.8, 4) is 0 Å². The minimum absolute atomic E-state index is 0.556. The maximum Gasteiger partial charge on any atom is 0.0751 e. The van der Waals surface area contributed by atoms with Crippen molar-refractivity contribution in [2.45, 2.75) is 37.8 Å². The van der Waals surface area contributed by atoms with Crippen molar-refractivity contribution in [2.75, 3.05) is 13.2 Å². The van der Waals surface area contributed by atoms with E-state index in [2.05, 4.69) is 5.32 Å². The smallest absolute Gasteiger partial charge is 0.0751 e. The predicted octanol–water partition coefficient (Wildman–Crippen LogP) is 0.917. The Labute approximate surface area is 61.9 Å². The molecule has 1 N–H and O–H groups in total. The average Bonchev–Trinajstić information content (AvgIpc) is 1.89. The van der Waals surface area contributed by atoms with Crippen LogP contribution in [-0.2, 0) is 4.74 Å². The lowest BCUT2D eigenvalue weighted by molar-refractivity contribution is -0.0938. The van der Waals surface area contributed by atoms with E-state index in [1.54, 1.807) is 0 Å². The molecular formula is C8H15NO. The van der Waals surface area contributed by atoms with Crippen LogP contribution in [0.1, 0.15) is 25.7 Å². The molecular weight excluding hydrogens is 126 g/mol. The third kappa shape index (κ3) is 1.18. The molecule has 2 atom stereocenters. The second-order valence-corrected chi connectivity index (χ2v) is 3.28. The van der Waals surface area contributed by atoms with E-state index in [1.807, 2.05) is 0 Å². The van der Waals surface area contributed by atoms with Crippen LogP contribution in [0.4, 0.5) is 0 Å². The lowest BCUT2D eigenvalue weighted by atomic mass is 9.97. The number of fused-ring (bicyclic) bond motifs is 1. The number of rotatable bonds is 0. The fraction of sp³-hybridized carbons (Fsp3) is 1.00. The van der Waals surface area contributed by atoms with Crippen molar-refractivity contribution >= 4 is 0 Å². The van der Waals surface area contributed by atoms with Gasteiger partial charge in [0.1, 0.15) is 0 Å². The van der Waals surface area contributed by atoms with Crippen LogP contribution in [0.3, 0.4) is 0 Å². The summed E-state index contributed by atoms with van der Waals surface area (Å²) in [6, 6.07) is 0.695. The van der Waals surface area contributed by atoms with Gasteiger partial charge in [-0.15, -0.1) is 0 Å². The van der Waals surface area contributed by atoms with Gasteiger partial charge in [-0.1, -0.05) is 12.8 Å². The first-order valence-electron chi connectivity index (χ1n) is 4.32. The maximum absolute atomic E-state index is 5.41. The van der Waals surface area contributed by atoms with Crippen LogP contribution in [-0.4, -0.2) is 25.3 Å². The zero-order valence-corrected chi connectivity index (χ0v) is 6.31. The summed E-state index contributed by atoms with van der Waals surface area (Å²) < 4.78 is 5.41. The number of hydrogen-bond donors (Lipinski definition) is 1. The molecule has 58 valence electrons. The van der Waals surface area contributed by atoms with E-state index in [-0.39, 0.29) is 0 Å². The standard InChI is InChI=1S/C8H15NO/c1-2-4-8-7(6-10-8)9-5-3-1/h7-9H,1-6H2. The first kappa shape index (κ1) is 6.62. The Bertz CT molecular complexity index is 102. The second kappa shape index (κ2) is 2.89. The molecule has 2 aliphatic rings. The monoisotopic (exact) mass is 141 g/mol. The SMILES string of the molecule is C1CCNC2COC2CC1. The van der Waals surface area contributed by atoms with E-state index in [9.17, 15) is 0 Å². The summed E-state index contributed by atoms with van der Waals surface area (Å²) in [5, 5.41) is 3.50. The van der Waals surface area contributed by atoms with Crippen LogP contribution in [0.15, 0.2) is 0 Å². The van der Waals surface area contributed by atoms with E-state index in [4.69, 9.17) is 4.74 Å². The molecule has 2 heterocycles. The molecule has 2 fully saturated rings. The molecule has 2 heteroatoms. The number of nitrogens with one attached hydrogen (secondary N) is 1. The van der Waals surface area contributed by atoms with Crippen LogP contribution in [0, 0.1) is 0 Å². The Kier molecular flexibility index (Phi) is 1.91. The Morgan fingerprint density at radius 1 is 1.20 bits per heavy atom. The van der Waals surface area contributed by atoms with Gasteiger partial charge < -0.3 is 10.1 Å². The molecule has 0 aliphatic carbocycles. The highest BCUT2D eigenvalue weighted by atomic mass is 16.5. The molecule has 0 aromatic rings. The van der Waals surface area contributed by atoms with Crippen LogP contribution in [0.25, 0.3) is 0 Å². The zero-order valence-electron chi connectivity index (χ0n) is 6.31. The van der Waals surface area contributed by atoms with Gasteiger partial charge in [0.15, 0.2) is 0 Å². The highest BCUT2D eigenvalue weighted by molar-refractivity contribution is 4.86. The Balaban J connectivity index is 1.83. The van der Waals surface area contributed by atoms with Crippen molar-refractivity contribution in [2.24, 2.45) is 0 Å². The quantitative estimate of drug-likeness (QED) is 0.541. The minimum Gasteiger partial charge on any atom is -0.375 e. The third-order valence-corrected chi connectivity index (χ3v) is 2.51. The highest BCUT2D eigenvalue weighted by Crippen LogP contribution is 2.20. The van der Waals surface area contributed by atoms with E-state index in [0.29, 0.717) is 12.1 Å². The molecule has 2 aliphatic heterocycles. The molecule has 2 saturated heterocycles. The summed E-state index contributed by atoms with van der Waals surface area (Å²) in [7, 11) is 0. The molecule has 0 aromatic carbocycles. The van der Waals surface area contributed by atoms with Gasteiger partial charge in [-0.05, 0) is 19.4 Å². The summed E-state index contributed by atoms with van der Waals surface area (Å²) >= 11 is 0. The predicted molar refractivity (Wildman–Crippen MR) is 40.0 cm³/mol. The second-order valence-electron chi connectivity index (χ2n) is 3.28. The van der Waals surface area contributed by atoms with Crippen molar-refractivity contribution < 1.29 is 4.74 Å². The Hall–Kier alpha value is -0.0800. The van der Waals surface area contributed by atoms with Gasteiger partial charge in [0.2, 0.25) is 0 Å².